The molecule has 1 saturated carbocycles. The van der Waals surface area contributed by atoms with E-state index < -0.39 is 0 Å². The number of anilines is 1. The molecule has 0 radical (unpaired) electrons. The van der Waals surface area contributed by atoms with E-state index in [4.69, 9.17) is 15.2 Å². The van der Waals surface area contributed by atoms with Crippen LogP contribution in [-0.4, -0.2) is 36.7 Å². The minimum absolute atomic E-state index is 0.0203. The van der Waals surface area contributed by atoms with Gasteiger partial charge in [0.05, 0.1) is 13.3 Å². The van der Waals surface area contributed by atoms with E-state index in [2.05, 4.69) is 4.98 Å². The zero-order chi connectivity index (χ0) is 14.1. The number of hydrogen-bond donors (Lipinski definition) is 1. The zero-order valence-electron chi connectivity index (χ0n) is 11.5. The normalized spacial score (nSPS) is 25.9. The van der Waals surface area contributed by atoms with E-state index in [1.165, 1.54) is 0 Å². The fourth-order valence-electron chi connectivity index (χ4n) is 2.91. The fraction of sp³-hybridized carbons (Fsp3) is 0.571. The van der Waals surface area contributed by atoms with Gasteiger partial charge in [-0.3, -0.25) is 4.79 Å². The van der Waals surface area contributed by atoms with Crippen LogP contribution >= 0.6 is 0 Å². The van der Waals surface area contributed by atoms with Crippen LogP contribution in [0.1, 0.15) is 25.7 Å². The van der Waals surface area contributed by atoms with E-state index in [1.807, 2.05) is 11.0 Å². The summed E-state index contributed by atoms with van der Waals surface area (Å²) >= 11 is 0. The van der Waals surface area contributed by atoms with E-state index in [0.29, 0.717) is 17.3 Å². The van der Waals surface area contributed by atoms with Gasteiger partial charge >= 0.3 is 0 Å². The predicted molar refractivity (Wildman–Crippen MR) is 74.0 cm³/mol. The van der Waals surface area contributed by atoms with Crippen molar-refractivity contribution in [1.82, 2.24) is 4.98 Å². The van der Waals surface area contributed by atoms with Gasteiger partial charge in [0.15, 0.2) is 6.61 Å². The largest absolute Gasteiger partial charge is 0.495 e. The maximum atomic E-state index is 12.2. The van der Waals surface area contributed by atoms with Crippen molar-refractivity contribution in [1.29, 1.82) is 0 Å². The van der Waals surface area contributed by atoms with Crippen molar-refractivity contribution in [2.45, 2.75) is 37.8 Å². The fourth-order valence-corrected chi connectivity index (χ4v) is 2.91. The van der Waals surface area contributed by atoms with Gasteiger partial charge in [0.2, 0.25) is 5.88 Å². The van der Waals surface area contributed by atoms with E-state index in [0.717, 1.165) is 25.7 Å². The van der Waals surface area contributed by atoms with Crippen LogP contribution in [0.25, 0.3) is 0 Å². The number of aromatic nitrogens is 1. The first kappa shape index (κ1) is 13.2. The van der Waals surface area contributed by atoms with Gasteiger partial charge in [0.25, 0.3) is 5.91 Å². The second-order valence-corrected chi connectivity index (χ2v) is 5.32. The molecule has 6 heteroatoms. The molecule has 20 heavy (non-hydrogen) atoms. The molecule has 1 aromatic rings. The Bertz CT molecular complexity index is 512. The highest BCUT2D eigenvalue weighted by Crippen LogP contribution is 2.37. The molecule has 3 rings (SSSR count). The summed E-state index contributed by atoms with van der Waals surface area (Å²) in [5, 5.41) is 0. The molecule has 0 spiro atoms. The van der Waals surface area contributed by atoms with Gasteiger partial charge in [0, 0.05) is 18.2 Å². The number of pyridine rings is 1. The summed E-state index contributed by atoms with van der Waals surface area (Å²) in [6, 6.07) is 2.25. The van der Waals surface area contributed by atoms with Crippen LogP contribution in [0.5, 0.6) is 11.6 Å². The van der Waals surface area contributed by atoms with Gasteiger partial charge in [-0.15, -0.1) is 0 Å². The summed E-state index contributed by atoms with van der Waals surface area (Å²) < 4.78 is 10.6. The lowest BCUT2D eigenvalue weighted by atomic mass is 9.90. The highest BCUT2D eigenvalue weighted by Gasteiger charge is 2.34. The molecule has 1 fully saturated rings. The van der Waals surface area contributed by atoms with Crippen molar-refractivity contribution in [2.75, 3.05) is 18.6 Å². The van der Waals surface area contributed by atoms with Crippen LogP contribution in [0, 0.1) is 0 Å². The standard InChI is InChI=1S/C14H19N3O3/c1-19-11-6-12-14(16-7-11)20-8-13(18)17(12)10-4-2-9(15)3-5-10/h6-7,9-10H,2-5,8,15H2,1H3/t9-,10-. The Morgan fingerprint density at radius 2 is 2.15 bits per heavy atom. The molecular weight excluding hydrogens is 258 g/mol. The van der Waals surface area contributed by atoms with Crippen molar-refractivity contribution < 1.29 is 14.3 Å². The average Bonchev–Trinajstić information content (AvgIpc) is 2.48. The van der Waals surface area contributed by atoms with Crippen molar-refractivity contribution in [3.8, 4) is 11.6 Å². The van der Waals surface area contributed by atoms with Gasteiger partial charge in [-0.25, -0.2) is 4.98 Å². The maximum absolute atomic E-state index is 12.2. The Morgan fingerprint density at radius 3 is 2.85 bits per heavy atom. The Balaban J connectivity index is 1.92. The third-order valence-electron chi connectivity index (χ3n) is 4.01. The monoisotopic (exact) mass is 277 g/mol. The van der Waals surface area contributed by atoms with Gasteiger partial charge in [-0.2, -0.15) is 0 Å². The smallest absolute Gasteiger partial charge is 0.265 e. The molecule has 6 nitrogen and oxygen atoms in total. The third kappa shape index (κ3) is 2.31. The molecule has 0 atom stereocenters. The summed E-state index contributed by atoms with van der Waals surface area (Å²) in [6.45, 7) is 0.0505. The molecular formula is C14H19N3O3. The average molecular weight is 277 g/mol. The molecule has 1 aliphatic carbocycles. The van der Waals surface area contributed by atoms with Gasteiger partial charge in [0.1, 0.15) is 11.4 Å². The topological polar surface area (TPSA) is 77.7 Å². The first-order valence-corrected chi connectivity index (χ1v) is 6.93. The first-order valence-electron chi connectivity index (χ1n) is 6.93. The number of nitrogens with zero attached hydrogens (tertiary/aromatic N) is 2. The van der Waals surface area contributed by atoms with Crippen LogP contribution in [0.3, 0.4) is 0 Å². The van der Waals surface area contributed by atoms with Crippen molar-refractivity contribution in [2.24, 2.45) is 5.73 Å². The number of rotatable bonds is 2. The maximum Gasteiger partial charge on any atom is 0.265 e. The van der Waals surface area contributed by atoms with E-state index in [9.17, 15) is 4.79 Å². The highest BCUT2D eigenvalue weighted by molar-refractivity contribution is 5.98. The van der Waals surface area contributed by atoms with Crippen molar-refractivity contribution in [3.05, 3.63) is 12.3 Å². The number of nitrogens with two attached hydrogens (primary N) is 1. The Hall–Kier alpha value is -1.82. The molecule has 0 saturated heterocycles. The molecule has 1 amide bonds. The van der Waals surface area contributed by atoms with Gasteiger partial charge < -0.3 is 20.1 Å². The second-order valence-electron chi connectivity index (χ2n) is 5.32. The molecule has 0 unspecified atom stereocenters. The predicted octanol–water partition coefficient (Wildman–Crippen LogP) is 1.09. The van der Waals surface area contributed by atoms with Crippen molar-refractivity contribution in [3.63, 3.8) is 0 Å². The Kier molecular flexibility index (Phi) is 3.48. The zero-order valence-corrected chi connectivity index (χ0v) is 11.5. The SMILES string of the molecule is COc1cnc2c(c1)N([C@H]1CC[C@H](N)CC1)C(=O)CO2. The lowest BCUT2D eigenvalue weighted by molar-refractivity contribution is -0.122. The number of amides is 1. The second kappa shape index (κ2) is 5.28. The van der Waals surface area contributed by atoms with Crippen LogP contribution < -0.4 is 20.1 Å². The summed E-state index contributed by atoms with van der Waals surface area (Å²) in [6.07, 6.45) is 5.33. The highest BCUT2D eigenvalue weighted by atomic mass is 16.5. The summed E-state index contributed by atoms with van der Waals surface area (Å²) in [5.41, 5.74) is 6.65. The molecule has 2 N–H and O–H groups in total. The van der Waals surface area contributed by atoms with Gasteiger partial charge in [-0.05, 0) is 25.7 Å². The number of methoxy groups -OCH3 is 1. The number of fused-ring (bicyclic) bond motifs is 1. The number of hydrogen-bond acceptors (Lipinski definition) is 5. The van der Waals surface area contributed by atoms with Crippen LogP contribution in [-0.2, 0) is 4.79 Å². The van der Waals surface area contributed by atoms with Crippen LogP contribution in [0.4, 0.5) is 5.69 Å². The summed E-state index contributed by atoms with van der Waals surface area (Å²) in [4.78, 5) is 18.3. The quantitative estimate of drug-likeness (QED) is 0.875. The first-order chi connectivity index (χ1) is 9.69. The van der Waals surface area contributed by atoms with E-state index in [-0.39, 0.29) is 24.6 Å². The van der Waals surface area contributed by atoms with Crippen LogP contribution in [0.2, 0.25) is 0 Å². The lowest BCUT2D eigenvalue weighted by Gasteiger charge is -2.38. The minimum Gasteiger partial charge on any atom is -0.495 e. The number of ether oxygens (including phenoxy) is 2. The van der Waals surface area contributed by atoms with Crippen molar-refractivity contribution >= 4 is 11.6 Å². The summed E-state index contributed by atoms with van der Waals surface area (Å²) in [7, 11) is 1.58. The minimum atomic E-state index is -0.0203. The molecule has 1 aromatic heterocycles. The Labute approximate surface area is 117 Å². The molecule has 2 aliphatic rings. The Morgan fingerprint density at radius 1 is 1.40 bits per heavy atom. The lowest BCUT2D eigenvalue weighted by Crippen LogP contribution is -2.48. The third-order valence-corrected chi connectivity index (χ3v) is 4.01. The molecule has 108 valence electrons. The summed E-state index contributed by atoms with van der Waals surface area (Å²) in [5.74, 6) is 1.10. The van der Waals surface area contributed by atoms with E-state index >= 15 is 0 Å². The van der Waals surface area contributed by atoms with Gasteiger partial charge in [-0.1, -0.05) is 0 Å². The number of carbonyl (C=O) groups excluding carboxylic acids is 1. The molecule has 0 bridgehead atoms. The molecule has 0 aromatic carbocycles. The van der Waals surface area contributed by atoms with E-state index in [1.54, 1.807) is 13.3 Å². The molecule has 1 aliphatic heterocycles. The van der Waals surface area contributed by atoms with Crippen LogP contribution in [0.15, 0.2) is 12.3 Å². The molecule has 2 heterocycles. The number of carbonyl (C=O) groups is 1.